The Labute approximate surface area is 229 Å². The zero-order valence-corrected chi connectivity index (χ0v) is 22.1. The van der Waals surface area contributed by atoms with Gasteiger partial charge in [0.1, 0.15) is 10.6 Å². The second-order valence-electron chi connectivity index (χ2n) is 8.65. The average Bonchev–Trinajstić information content (AvgIpc) is 3.34. The van der Waals surface area contributed by atoms with E-state index >= 15 is 0 Å². The van der Waals surface area contributed by atoms with E-state index in [9.17, 15) is 22.8 Å². The average molecular weight is 588 g/mol. The number of allylic oxidation sites excluding steroid dienone is 2. The van der Waals surface area contributed by atoms with Gasteiger partial charge in [-0.2, -0.15) is 23.4 Å². The van der Waals surface area contributed by atoms with E-state index in [4.69, 9.17) is 33.7 Å². The number of aliphatic imine (C=N–C) groups is 1. The Balaban J connectivity index is 1.89. The lowest BCUT2D eigenvalue weighted by Crippen LogP contribution is -2.38. The van der Waals surface area contributed by atoms with Crippen molar-refractivity contribution in [1.82, 2.24) is 30.6 Å². The van der Waals surface area contributed by atoms with E-state index in [1.165, 1.54) is 23.3 Å². The molecule has 0 radical (unpaired) electrons. The minimum Gasteiger partial charge on any atom is -0.444 e. The van der Waals surface area contributed by atoms with Gasteiger partial charge < -0.3 is 21.1 Å². The molecule has 0 saturated carbocycles. The van der Waals surface area contributed by atoms with Gasteiger partial charge in [-0.25, -0.2) is 14.8 Å². The van der Waals surface area contributed by atoms with Gasteiger partial charge >= 0.3 is 12.3 Å². The summed E-state index contributed by atoms with van der Waals surface area (Å²) >= 11 is 12.4. The molecule has 0 atom stereocenters. The van der Waals surface area contributed by atoms with E-state index in [0.717, 1.165) is 12.3 Å². The highest BCUT2D eigenvalue weighted by Gasteiger charge is 2.41. The topological polar surface area (TPSA) is 161 Å². The van der Waals surface area contributed by atoms with Crippen molar-refractivity contribution in [2.75, 3.05) is 11.9 Å². The predicted molar refractivity (Wildman–Crippen MR) is 138 cm³/mol. The fourth-order valence-electron chi connectivity index (χ4n) is 2.99. The number of hydrogen-bond acceptors (Lipinski definition) is 9. The van der Waals surface area contributed by atoms with E-state index in [2.05, 4.69) is 36.1 Å². The summed E-state index contributed by atoms with van der Waals surface area (Å²) in [5, 5.41) is 14.9. The second kappa shape index (κ2) is 11.7. The van der Waals surface area contributed by atoms with E-state index in [-0.39, 0.29) is 23.1 Å². The van der Waals surface area contributed by atoms with Crippen LogP contribution in [0.2, 0.25) is 5.02 Å². The van der Waals surface area contributed by atoms with Crippen molar-refractivity contribution >= 4 is 58.2 Å². The highest BCUT2D eigenvalue weighted by molar-refractivity contribution is 6.36. The number of rotatable bonds is 6. The van der Waals surface area contributed by atoms with Gasteiger partial charge in [0.05, 0.1) is 35.2 Å². The van der Waals surface area contributed by atoms with Crippen LogP contribution in [0.15, 0.2) is 58.2 Å². The molecule has 5 N–H and O–H groups in total. The summed E-state index contributed by atoms with van der Waals surface area (Å²) in [6.07, 6.45) is -0.390. The standard InChI is InChI=1S/C22H22Cl2F3N9O3/c1-21(2,3)39-20(38)35-17-15(24)14(4-5-29-17)34-16(22(25,26)27)12(9-28)19(37)33-11-8-13(23)18(30-10-11)36-31-6-7-32-36/h4-9,30H,10,28H2,1-3H3,(H,33,37)(H,29,35,38). The number of pyridine rings is 1. The SMILES string of the molecule is CC(C)(C)OC(=O)Nc1nccc(N=C(C(=CN)C(=O)NC2=CC(Cl)=C(n3nccn3)NC2)C(F)(F)F)c1Cl. The summed E-state index contributed by atoms with van der Waals surface area (Å²) in [5.74, 6) is -1.22. The lowest BCUT2D eigenvalue weighted by atomic mass is 10.1. The third-order valence-electron chi connectivity index (χ3n) is 4.52. The summed E-state index contributed by atoms with van der Waals surface area (Å²) in [6.45, 7) is 4.82. The van der Waals surface area contributed by atoms with E-state index < -0.39 is 45.8 Å². The largest absolute Gasteiger partial charge is 0.444 e. The molecule has 208 valence electrons. The Kier molecular flexibility index (Phi) is 8.86. The molecule has 0 aliphatic carbocycles. The number of amides is 2. The first-order valence-electron chi connectivity index (χ1n) is 10.9. The molecule has 2 aromatic heterocycles. The quantitative estimate of drug-likeness (QED) is 0.293. The lowest BCUT2D eigenvalue weighted by molar-refractivity contribution is -0.117. The molecule has 17 heteroatoms. The number of alkyl halides is 3. The smallest absolute Gasteiger partial charge is 0.434 e. The first-order chi connectivity index (χ1) is 18.2. The number of ether oxygens (including phenoxy) is 1. The fourth-order valence-corrected chi connectivity index (χ4v) is 3.47. The van der Waals surface area contributed by atoms with Crippen molar-refractivity contribution in [3.8, 4) is 0 Å². The molecule has 2 aromatic rings. The Bertz CT molecular complexity index is 1380. The number of carbonyl (C=O) groups excluding carboxylic acids is 2. The second-order valence-corrected chi connectivity index (χ2v) is 9.44. The molecule has 0 aromatic carbocycles. The van der Waals surface area contributed by atoms with Crippen LogP contribution in [0.25, 0.3) is 5.82 Å². The number of carbonyl (C=O) groups is 2. The molecule has 12 nitrogen and oxygen atoms in total. The third kappa shape index (κ3) is 7.70. The van der Waals surface area contributed by atoms with Crippen LogP contribution in [-0.2, 0) is 9.53 Å². The summed E-state index contributed by atoms with van der Waals surface area (Å²) in [6, 6.07) is 1.06. The third-order valence-corrected chi connectivity index (χ3v) is 5.18. The molecule has 0 saturated heterocycles. The molecule has 3 rings (SSSR count). The normalized spacial score (nSPS) is 14.9. The van der Waals surface area contributed by atoms with Crippen LogP contribution in [0, 0.1) is 0 Å². The van der Waals surface area contributed by atoms with Crippen LogP contribution in [0.1, 0.15) is 20.8 Å². The zero-order valence-electron chi connectivity index (χ0n) is 20.6. The van der Waals surface area contributed by atoms with Crippen LogP contribution < -0.4 is 21.7 Å². The maximum absolute atomic E-state index is 14.1. The molecule has 0 unspecified atom stereocenters. The molecule has 0 bridgehead atoms. The number of nitrogens with two attached hydrogens (primary N) is 1. The first-order valence-corrected chi connectivity index (χ1v) is 11.7. The number of dihydropyridines is 1. The predicted octanol–water partition coefficient (Wildman–Crippen LogP) is 3.82. The minimum atomic E-state index is -5.14. The highest BCUT2D eigenvalue weighted by Crippen LogP contribution is 2.34. The molecular formula is C22H22Cl2F3N9O3. The van der Waals surface area contributed by atoms with Crippen molar-refractivity contribution in [2.45, 2.75) is 32.5 Å². The summed E-state index contributed by atoms with van der Waals surface area (Å²) < 4.78 is 47.2. The van der Waals surface area contributed by atoms with E-state index in [1.807, 2.05) is 0 Å². The van der Waals surface area contributed by atoms with E-state index in [0.29, 0.717) is 12.0 Å². The molecule has 0 fully saturated rings. The van der Waals surface area contributed by atoms with Crippen LogP contribution in [0.4, 0.5) is 29.5 Å². The Hall–Kier alpha value is -4.11. The van der Waals surface area contributed by atoms with Crippen molar-refractivity contribution < 1.29 is 27.5 Å². The van der Waals surface area contributed by atoms with Gasteiger partial charge in [-0.1, -0.05) is 23.2 Å². The van der Waals surface area contributed by atoms with Gasteiger partial charge in [-0.05, 0) is 32.9 Å². The number of nitrogens with zero attached hydrogens (tertiary/aromatic N) is 5. The zero-order chi connectivity index (χ0) is 29.0. The Morgan fingerprint density at radius 1 is 1.18 bits per heavy atom. The summed E-state index contributed by atoms with van der Waals surface area (Å²) in [7, 11) is 0. The monoisotopic (exact) mass is 587 g/mol. The summed E-state index contributed by atoms with van der Waals surface area (Å²) in [5.41, 5.74) is 1.60. The van der Waals surface area contributed by atoms with Crippen LogP contribution in [0.3, 0.4) is 0 Å². The fraction of sp³-hybridized carbons (Fsp3) is 0.273. The number of halogens is 5. The van der Waals surface area contributed by atoms with Gasteiger partial charge in [0.2, 0.25) is 0 Å². The van der Waals surface area contributed by atoms with Gasteiger partial charge in [0.15, 0.2) is 17.4 Å². The van der Waals surface area contributed by atoms with Gasteiger partial charge in [0, 0.05) is 18.1 Å². The molecule has 2 amide bonds. The molecule has 39 heavy (non-hydrogen) atoms. The molecule has 0 spiro atoms. The van der Waals surface area contributed by atoms with Crippen molar-refractivity contribution in [2.24, 2.45) is 10.7 Å². The van der Waals surface area contributed by atoms with Crippen molar-refractivity contribution in [3.63, 3.8) is 0 Å². The summed E-state index contributed by atoms with van der Waals surface area (Å²) in [4.78, 5) is 33.5. The van der Waals surface area contributed by atoms with Gasteiger partial charge in [-0.15, -0.1) is 4.80 Å². The van der Waals surface area contributed by atoms with Crippen molar-refractivity contribution in [1.29, 1.82) is 0 Å². The van der Waals surface area contributed by atoms with Gasteiger partial charge in [0.25, 0.3) is 5.91 Å². The maximum atomic E-state index is 14.1. The minimum absolute atomic E-state index is 0.0228. The number of nitrogens with one attached hydrogen (secondary N) is 3. The number of hydrogen-bond donors (Lipinski definition) is 4. The molecular weight excluding hydrogens is 566 g/mol. The van der Waals surface area contributed by atoms with Gasteiger partial charge in [-0.3, -0.25) is 10.1 Å². The Morgan fingerprint density at radius 2 is 1.85 bits per heavy atom. The number of anilines is 1. The van der Waals surface area contributed by atoms with Crippen LogP contribution in [-0.4, -0.2) is 56.0 Å². The lowest BCUT2D eigenvalue weighted by Gasteiger charge is -2.20. The number of aromatic nitrogens is 4. The van der Waals surface area contributed by atoms with Crippen molar-refractivity contribution in [3.05, 3.63) is 58.3 Å². The maximum Gasteiger partial charge on any atom is 0.434 e. The molecule has 1 aliphatic heterocycles. The highest BCUT2D eigenvalue weighted by atomic mass is 35.5. The van der Waals surface area contributed by atoms with E-state index in [1.54, 1.807) is 20.8 Å². The first kappa shape index (κ1) is 29.4. The molecule has 1 aliphatic rings. The van der Waals surface area contributed by atoms with Crippen LogP contribution in [0.5, 0.6) is 0 Å². The Morgan fingerprint density at radius 3 is 2.41 bits per heavy atom. The van der Waals surface area contributed by atoms with Crippen LogP contribution >= 0.6 is 23.2 Å². The molecule has 3 heterocycles.